The van der Waals surface area contributed by atoms with E-state index < -0.39 is 17.8 Å². The Labute approximate surface area is 134 Å². The highest BCUT2D eigenvalue weighted by atomic mass is 35.5. The van der Waals surface area contributed by atoms with Gasteiger partial charge in [0.15, 0.2) is 0 Å². The highest BCUT2D eigenvalue weighted by Crippen LogP contribution is 2.24. The predicted octanol–water partition coefficient (Wildman–Crippen LogP) is 2.50. The van der Waals surface area contributed by atoms with Crippen molar-refractivity contribution < 1.29 is 19.4 Å². The number of aliphatic hydroxyl groups excluding tert-OH is 1. The van der Waals surface area contributed by atoms with Crippen molar-refractivity contribution >= 4 is 29.3 Å². The topological polar surface area (TPSA) is 78.9 Å². The molecule has 0 aliphatic carbocycles. The Morgan fingerprint density at radius 3 is 2.50 bits per heavy atom. The van der Waals surface area contributed by atoms with E-state index in [0.29, 0.717) is 24.3 Å². The Balaban J connectivity index is 2.03. The first kappa shape index (κ1) is 16.6. The van der Waals surface area contributed by atoms with Crippen LogP contribution in [-0.2, 0) is 4.74 Å². The van der Waals surface area contributed by atoms with Crippen molar-refractivity contribution in [2.45, 2.75) is 32.5 Å². The molecule has 1 aromatic rings. The second-order valence-corrected chi connectivity index (χ2v) is 6.59. The molecule has 2 N–H and O–H groups in total. The molecule has 2 rings (SSSR count). The largest absolute Gasteiger partial charge is 0.444 e. The zero-order valence-corrected chi connectivity index (χ0v) is 13.5. The number of hydrogen-bond donors (Lipinski definition) is 2. The van der Waals surface area contributed by atoms with E-state index in [2.05, 4.69) is 5.32 Å². The first-order chi connectivity index (χ1) is 10.2. The number of aliphatic hydroxyl groups is 1. The number of halogens is 1. The number of rotatable bonds is 2. The summed E-state index contributed by atoms with van der Waals surface area (Å²) >= 11 is 6.10. The molecule has 6 nitrogen and oxygen atoms in total. The fraction of sp³-hybridized carbons (Fsp3) is 0.467. The third-order valence-corrected chi connectivity index (χ3v) is 3.31. The van der Waals surface area contributed by atoms with Crippen molar-refractivity contribution in [1.29, 1.82) is 0 Å². The highest BCUT2D eigenvalue weighted by Gasteiger charge is 2.30. The van der Waals surface area contributed by atoms with Crippen molar-refractivity contribution in [1.82, 2.24) is 4.90 Å². The predicted molar refractivity (Wildman–Crippen MR) is 83.2 cm³/mol. The summed E-state index contributed by atoms with van der Waals surface area (Å²) in [6, 6.07) is 4.62. The summed E-state index contributed by atoms with van der Waals surface area (Å²) in [4.78, 5) is 25.3. The smallest absolute Gasteiger partial charge is 0.412 e. The molecule has 1 fully saturated rings. The van der Waals surface area contributed by atoms with Crippen LogP contribution in [0, 0.1) is 0 Å². The number of likely N-dealkylation sites (tertiary alicyclic amines) is 1. The van der Waals surface area contributed by atoms with Gasteiger partial charge < -0.3 is 14.7 Å². The van der Waals surface area contributed by atoms with Crippen LogP contribution in [0.4, 0.5) is 10.5 Å². The van der Waals surface area contributed by atoms with Gasteiger partial charge in [0.25, 0.3) is 5.91 Å². The number of ether oxygens (including phenoxy) is 1. The molecular formula is C15H19ClN2O4. The van der Waals surface area contributed by atoms with Gasteiger partial charge in [-0.1, -0.05) is 11.6 Å². The standard InChI is InChI=1S/C15H19ClN2O4/c1-15(2,3)22-14(21)17-9-4-5-11(12(16)6-9)13(20)18-7-10(19)8-18/h4-6,10,19H,7-8H2,1-3H3,(H,17,21). The summed E-state index contributed by atoms with van der Waals surface area (Å²) in [5.41, 5.74) is 0.185. The second-order valence-electron chi connectivity index (χ2n) is 6.19. The summed E-state index contributed by atoms with van der Waals surface area (Å²) in [6.45, 7) is 5.93. The molecule has 0 aromatic heterocycles. The quantitative estimate of drug-likeness (QED) is 0.875. The number of carbonyl (C=O) groups excluding carboxylic acids is 2. The molecule has 120 valence electrons. The number of carbonyl (C=O) groups is 2. The van der Waals surface area contributed by atoms with Crippen LogP contribution < -0.4 is 5.32 Å². The van der Waals surface area contributed by atoms with Gasteiger partial charge in [-0.05, 0) is 39.0 Å². The fourth-order valence-electron chi connectivity index (χ4n) is 1.98. The van der Waals surface area contributed by atoms with E-state index in [1.807, 2.05) is 0 Å². The van der Waals surface area contributed by atoms with E-state index in [9.17, 15) is 14.7 Å². The molecular weight excluding hydrogens is 308 g/mol. The van der Waals surface area contributed by atoms with Gasteiger partial charge in [-0.15, -0.1) is 0 Å². The van der Waals surface area contributed by atoms with E-state index in [0.717, 1.165) is 0 Å². The monoisotopic (exact) mass is 326 g/mol. The van der Waals surface area contributed by atoms with E-state index >= 15 is 0 Å². The van der Waals surface area contributed by atoms with Crippen LogP contribution in [0.15, 0.2) is 18.2 Å². The van der Waals surface area contributed by atoms with Gasteiger partial charge in [0, 0.05) is 18.8 Å². The average Bonchev–Trinajstić information content (AvgIpc) is 2.32. The van der Waals surface area contributed by atoms with Crippen LogP contribution in [0.1, 0.15) is 31.1 Å². The Kier molecular flexibility index (Phi) is 4.63. The van der Waals surface area contributed by atoms with Crippen LogP contribution in [0.5, 0.6) is 0 Å². The van der Waals surface area contributed by atoms with Crippen molar-refractivity contribution in [3.8, 4) is 0 Å². The molecule has 0 bridgehead atoms. The maximum absolute atomic E-state index is 12.1. The number of amides is 2. The summed E-state index contributed by atoms with van der Waals surface area (Å²) in [6.07, 6.45) is -1.05. The van der Waals surface area contributed by atoms with Crippen molar-refractivity contribution in [3.05, 3.63) is 28.8 Å². The number of β-amino-alcohol motifs (C(OH)–C–C–N with tert-alkyl or cyclic N) is 1. The normalized spacial score (nSPS) is 15.2. The first-order valence-electron chi connectivity index (χ1n) is 6.92. The molecule has 1 aromatic carbocycles. The van der Waals surface area contributed by atoms with E-state index in [-0.39, 0.29) is 10.9 Å². The molecule has 22 heavy (non-hydrogen) atoms. The highest BCUT2D eigenvalue weighted by molar-refractivity contribution is 6.34. The maximum atomic E-state index is 12.1. The lowest BCUT2D eigenvalue weighted by molar-refractivity contribution is 0.00591. The van der Waals surface area contributed by atoms with E-state index in [4.69, 9.17) is 16.3 Å². The number of anilines is 1. The molecule has 1 aliphatic rings. The van der Waals surface area contributed by atoms with Crippen LogP contribution >= 0.6 is 11.6 Å². The minimum atomic E-state index is -0.595. The Hall–Kier alpha value is -1.79. The lowest BCUT2D eigenvalue weighted by Gasteiger charge is -2.36. The van der Waals surface area contributed by atoms with Gasteiger partial charge in [-0.2, -0.15) is 0 Å². The average molecular weight is 327 g/mol. The van der Waals surface area contributed by atoms with E-state index in [1.54, 1.807) is 32.9 Å². The Morgan fingerprint density at radius 2 is 2.00 bits per heavy atom. The zero-order chi connectivity index (χ0) is 16.5. The molecule has 7 heteroatoms. The first-order valence-corrected chi connectivity index (χ1v) is 7.30. The molecule has 1 aliphatic heterocycles. The van der Waals surface area contributed by atoms with E-state index in [1.165, 1.54) is 11.0 Å². The minimum absolute atomic E-state index is 0.236. The number of nitrogens with zero attached hydrogens (tertiary/aromatic N) is 1. The van der Waals surface area contributed by atoms with Crippen LogP contribution in [0.25, 0.3) is 0 Å². The summed E-state index contributed by atoms with van der Waals surface area (Å²) in [5, 5.41) is 12.0. The van der Waals surface area contributed by atoms with Crippen molar-refractivity contribution in [3.63, 3.8) is 0 Å². The van der Waals surface area contributed by atoms with Crippen molar-refractivity contribution in [2.75, 3.05) is 18.4 Å². The number of benzene rings is 1. The van der Waals surface area contributed by atoms with Gasteiger partial charge in [0.2, 0.25) is 0 Å². The van der Waals surface area contributed by atoms with Crippen LogP contribution in [-0.4, -0.2) is 46.8 Å². The van der Waals surface area contributed by atoms with Gasteiger partial charge in [-0.3, -0.25) is 10.1 Å². The summed E-state index contributed by atoms with van der Waals surface area (Å²) in [5.74, 6) is -0.237. The maximum Gasteiger partial charge on any atom is 0.412 e. The SMILES string of the molecule is CC(C)(C)OC(=O)Nc1ccc(C(=O)N2CC(O)C2)c(Cl)c1. The zero-order valence-electron chi connectivity index (χ0n) is 12.7. The Morgan fingerprint density at radius 1 is 1.36 bits per heavy atom. The number of hydrogen-bond acceptors (Lipinski definition) is 4. The summed E-state index contributed by atoms with van der Waals surface area (Å²) < 4.78 is 5.14. The molecule has 0 atom stereocenters. The second kappa shape index (κ2) is 6.14. The van der Waals surface area contributed by atoms with Gasteiger partial charge >= 0.3 is 6.09 Å². The molecule has 0 radical (unpaired) electrons. The van der Waals surface area contributed by atoms with Gasteiger partial charge in [-0.25, -0.2) is 4.79 Å². The molecule has 0 saturated carbocycles. The minimum Gasteiger partial charge on any atom is -0.444 e. The molecule has 0 spiro atoms. The van der Waals surface area contributed by atoms with Gasteiger partial charge in [0.05, 0.1) is 16.7 Å². The molecule has 1 heterocycles. The van der Waals surface area contributed by atoms with Crippen LogP contribution in [0.3, 0.4) is 0 Å². The molecule has 0 unspecified atom stereocenters. The number of nitrogens with one attached hydrogen (secondary N) is 1. The third-order valence-electron chi connectivity index (χ3n) is 2.99. The molecule has 2 amide bonds. The van der Waals surface area contributed by atoms with Crippen molar-refractivity contribution in [2.24, 2.45) is 0 Å². The Bertz CT molecular complexity index is 592. The van der Waals surface area contributed by atoms with Gasteiger partial charge in [0.1, 0.15) is 5.60 Å². The molecule has 1 saturated heterocycles. The fourth-order valence-corrected chi connectivity index (χ4v) is 2.24. The van der Waals surface area contributed by atoms with Crippen LogP contribution in [0.2, 0.25) is 5.02 Å². The lowest BCUT2D eigenvalue weighted by Crippen LogP contribution is -2.53. The summed E-state index contributed by atoms with van der Waals surface area (Å²) in [7, 11) is 0. The third kappa shape index (κ3) is 4.11. The lowest BCUT2D eigenvalue weighted by atomic mass is 10.1.